The largest absolute Gasteiger partial charge is 0.298 e. The van der Waals surface area contributed by atoms with E-state index in [9.17, 15) is 4.79 Å². The summed E-state index contributed by atoms with van der Waals surface area (Å²) < 4.78 is 0. The zero-order valence-electron chi connectivity index (χ0n) is 7.66. The normalized spacial score (nSPS) is 24.1. The fraction of sp³-hybridized carbons (Fsp3) is 0.889. The Labute approximate surface area is 104 Å². The van der Waals surface area contributed by atoms with Gasteiger partial charge in [0.1, 0.15) is 5.78 Å². The van der Waals surface area contributed by atoms with Gasteiger partial charge in [-0.2, -0.15) is 0 Å². The molecule has 0 aromatic rings. The van der Waals surface area contributed by atoms with Crippen LogP contribution in [0.25, 0.3) is 0 Å². The Morgan fingerprint density at radius 2 is 1.14 bits per heavy atom. The molecule has 0 bridgehead atoms. The lowest BCUT2D eigenvalue weighted by Gasteiger charge is -2.27. The van der Waals surface area contributed by atoms with Gasteiger partial charge in [-0.3, -0.25) is 4.79 Å². The average molecular weight is 278 g/mol. The molecule has 0 atom stereocenters. The summed E-state index contributed by atoms with van der Waals surface area (Å²) in [5, 5.41) is 0. The van der Waals surface area contributed by atoms with Gasteiger partial charge in [-0.15, -0.1) is 46.4 Å². The van der Waals surface area contributed by atoms with Crippen molar-refractivity contribution in [1.82, 2.24) is 0 Å². The summed E-state index contributed by atoms with van der Waals surface area (Å²) in [4.78, 5) is 12.1. The minimum absolute atomic E-state index is 0.0417. The Balaban J connectivity index is 2.96. The van der Waals surface area contributed by atoms with Crippen LogP contribution in [0, 0.1) is 10.8 Å². The first kappa shape index (κ1) is 12.9. The van der Waals surface area contributed by atoms with E-state index in [1.807, 2.05) is 0 Å². The zero-order valence-corrected chi connectivity index (χ0v) is 10.7. The summed E-state index contributed by atoms with van der Waals surface area (Å²) in [5.74, 6) is 1.06. The topological polar surface area (TPSA) is 17.1 Å². The highest BCUT2D eigenvalue weighted by atomic mass is 35.5. The maximum absolute atomic E-state index is 12.1. The quantitative estimate of drug-likeness (QED) is 0.721. The van der Waals surface area contributed by atoms with Crippen molar-refractivity contribution in [3.8, 4) is 0 Å². The SMILES string of the molecule is O=C1C(CCl)(CCl)CCC1(CCl)CCl. The highest BCUT2D eigenvalue weighted by molar-refractivity contribution is 6.28. The first-order valence-electron chi connectivity index (χ1n) is 4.39. The Morgan fingerprint density at radius 1 is 0.857 bits per heavy atom. The smallest absolute Gasteiger partial charge is 0.149 e. The predicted molar refractivity (Wildman–Crippen MR) is 62.0 cm³/mol. The predicted octanol–water partition coefficient (Wildman–Crippen LogP) is 3.28. The van der Waals surface area contributed by atoms with Crippen LogP contribution >= 0.6 is 46.4 Å². The van der Waals surface area contributed by atoms with Gasteiger partial charge in [-0.25, -0.2) is 0 Å². The molecule has 0 unspecified atom stereocenters. The van der Waals surface area contributed by atoms with Crippen LogP contribution in [-0.2, 0) is 4.79 Å². The van der Waals surface area contributed by atoms with Crippen molar-refractivity contribution in [2.45, 2.75) is 12.8 Å². The maximum Gasteiger partial charge on any atom is 0.149 e. The van der Waals surface area contributed by atoms with E-state index in [2.05, 4.69) is 0 Å². The standard InChI is InChI=1S/C9H12Cl4O/c10-3-8(4-11)1-2-9(5-12,6-13)7(8)14/h1-6H2. The lowest BCUT2D eigenvalue weighted by Crippen LogP contribution is -2.40. The molecule has 0 amide bonds. The van der Waals surface area contributed by atoms with E-state index in [0.717, 1.165) is 0 Å². The van der Waals surface area contributed by atoms with Gasteiger partial charge in [0.25, 0.3) is 0 Å². The maximum atomic E-state index is 12.1. The summed E-state index contributed by atoms with van der Waals surface area (Å²) in [5.41, 5.74) is -1.21. The van der Waals surface area contributed by atoms with Crippen molar-refractivity contribution in [2.75, 3.05) is 23.5 Å². The number of rotatable bonds is 4. The molecule has 0 aromatic heterocycles. The molecule has 1 rings (SSSR count). The summed E-state index contributed by atoms with van der Waals surface area (Å²) in [6, 6.07) is 0. The first-order chi connectivity index (χ1) is 6.60. The van der Waals surface area contributed by atoms with Crippen LogP contribution in [0.15, 0.2) is 0 Å². The Bertz CT molecular complexity index is 199. The molecule has 1 saturated carbocycles. The number of ketones is 1. The number of hydrogen-bond donors (Lipinski definition) is 0. The van der Waals surface area contributed by atoms with Gasteiger partial charge < -0.3 is 0 Å². The van der Waals surface area contributed by atoms with Crippen LogP contribution in [0.2, 0.25) is 0 Å². The van der Waals surface area contributed by atoms with E-state index >= 15 is 0 Å². The number of halogens is 4. The fourth-order valence-corrected chi connectivity index (χ4v) is 3.44. The third kappa shape index (κ3) is 1.77. The molecular formula is C9H12Cl4O. The number of carbonyl (C=O) groups excluding carboxylic acids is 1. The second-order valence-corrected chi connectivity index (χ2v) is 4.99. The molecule has 0 radical (unpaired) electrons. The van der Waals surface area contributed by atoms with Crippen LogP contribution in [0.3, 0.4) is 0 Å². The minimum atomic E-state index is -0.604. The summed E-state index contributed by atoms with van der Waals surface area (Å²) in [6.07, 6.45) is 1.39. The van der Waals surface area contributed by atoms with Crippen molar-refractivity contribution in [3.63, 3.8) is 0 Å². The van der Waals surface area contributed by atoms with Crippen molar-refractivity contribution >= 4 is 52.2 Å². The molecule has 0 saturated heterocycles. The molecule has 5 heteroatoms. The summed E-state index contributed by atoms with van der Waals surface area (Å²) >= 11 is 23.2. The number of carbonyl (C=O) groups is 1. The van der Waals surface area contributed by atoms with Gasteiger partial charge in [0.05, 0.1) is 10.8 Å². The summed E-state index contributed by atoms with van der Waals surface area (Å²) in [6.45, 7) is 0. The molecule has 14 heavy (non-hydrogen) atoms. The van der Waals surface area contributed by atoms with Crippen LogP contribution in [-0.4, -0.2) is 29.3 Å². The molecule has 0 heterocycles. The monoisotopic (exact) mass is 276 g/mol. The van der Waals surface area contributed by atoms with Gasteiger partial charge in [0, 0.05) is 23.5 Å². The van der Waals surface area contributed by atoms with Gasteiger partial charge in [-0.05, 0) is 12.8 Å². The highest BCUT2D eigenvalue weighted by Crippen LogP contribution is 2.48. The molecule has 1 aliphatic carbocycles. The van der Waals surface area contributed by atoms with Crippen LogP contribution in [0.1, 0.15) is 12.8 Å². The average Bonchev–Trinajstić information content (AvgIpc) is 2.53. The Kier molecular flexibility index (Phi) is 4.40. The van der Waals surface area contributed by atoms with Crippen LogP contribution in [0.5, 0.6) is 0 Å². The third-order valence-electron chi connectivity index (χ3n) is 3.07. The molecule has 1 nitrogen and oxygen atoms in total. The van der Waals surface area contributed by atoms with Crippen LogP contribution in [0.4, 0.5) is 0 Å². The second kappa shape index (κ2) is 4.78. The van der Waals surface area contributed by atoms with E-state index in [0.29, 0.717) is 12.8 Å². The Hall–Kier alpha value is 0.830. The number of Topliss-reactive ketones (excluding diaryl/α,β-unsaturated/α-hetero) is 1. The number of hydrogen-bond acceptors (Lipinski definition) is 1. The number of alkyl halides is 4. The molecule has 0 aliphatic heterocycles. The molecule has 0 aromatic carbocycles. The molecule has 0 spiro atoms. The van der Waals surface area contributed by atoms with E-state index in [-0.39, 0.29) is 29.3 Å². The highest BCUT2D eigenvalue weighted by Gasteiger charge is 2.54. The lowest BCUT2D eigenvalue weighted by atomic mass is 9.82. The molecule has 1 fully saturated rings. The van der Waals surface area contributed by atoms with Gasteiger partial charge in [0.15, 0.2) is 0 Å². The fourth-order valence-electron chi connectivity index (χ4n) is 1.85. The van der Waals surface area contributed by atoms with Crippen molar-refractivity contribution in [2.24, 2.45) is 10.8 Å². The van der Waals surface area contributed by atoms with Crippen molar-refractivity contribution in [3.05, 3.63) is 0 Å². The van der Waals surface area contributed by atoms with Gasteiger partial charge in [0.2, 0.25) is 0 Å². The van der Waals surface area contributed by atoms with E-state index in [4.69, 9.17) is 46.4 Å². The molecule has 82 valence electrons. The zero-order chi connectivity index (χ0) is 10.8. The van der Waals surface area contributed by atoms with Gasteiger partial charge >= 0.3 is 0 Å². The molecular weight excluding hydrogens is 266 g/mol. The van der Waals surface area contributed by atoms with Crippen molar-refractivity contribution in [1.29, 1.82) is 0 Å². The lowest BCUT2D eigenvalue weighted by molar-refractivity contribution is -0.130. The molecule has 0 N–H and O–H groups in total. The molecule has 1 aliphatic rings. The Morgan fingerprint density at radius 3 is 1.29 bits per heavy atom. The van der Waals surface area contributed by atoms with Crippen molar-refractivity contribution < 1.29 is 4.79 Å². The second-order valence-electron chi connectivity index (χ2n) is 3.92. The van der Waals surface area contributed by atoms with Gasteiger partial charge in [-0.1, -0.05) is 0 Å². The minimum Gasteiger partial charge on any atom is -0.298 e. The van der Waals surface area contributed by atoms with E-state index < -0.39 is 10.8 Å². The summed E-state index contributed by atoms with van der Waals surface area (Å²) in [7, 11) is 0. The van der Waals surface area contributed by atoms with E-state index in [1.165, 1.54) is 0 Å². The van der Waals surface area contributed by atoms with E-state index in [1.54, 1.807) is 0 Å². The third-order valence-corrected chi connectivity index (χ3v) is 5.12. The van der Waals surface area contributed by atoms with Crippen LogP contribution < -0.4 is 0 Å². The first-order valence-corrected chi connectivity index (χ1v) is 6.53.